The van der Waals surface area contributed by atoms with Crippen molar-refractivity contribution in [3.63, 3.8) is 0 Å². The molecule has 0 heterocycles. The van der Waals surface area contributed by atoms with Gasteiger partial charge in [0.15, 0.2) is 6.61 Å². The molecule has 0 aromatic heterocycles. The van der Waals surface area contributed by atoms with Gasteiger partial charge in [0.2, 0.25) is 0 Å². The molecule has 0 aliphatic carbocycles. The molecule has 0 radical (unpaired) electrons. The van der Waals surface area contributed by atoms with E-state index in [0.29, 0.717) is 16.5 Å². The Kier molecular flexibility index (Phi) is 4.84. The Balaban J connectivity index is 1.63. The van der Waals surface area contributed by atoms with Gasteiger partial charge in [-0.1, -0.05) is 57.9 Å². The molecule has 23 heavy (non-hydrogen) atoms. The van der Waals surface area contributed by atoms with E-state index in [1.54, 1.807) is 12.1 Å². The summed E-state index contributed by atoms with van der Waals surface area (Å²) < 4.78 is 6.40. The maximum Gasteiger partial charge on any atom is 0.262 e. The second kappa shape index (κ2) is 7.02. The fourth-order valence-electron chi connectivity index (χ4n) is 2.18. The molecule has 0 saturated carbocycles. The molecule has 0 unspecified atom stereocenters. The molecule has 3 aromatic carbocycles. The number of carbonyl (C=O) groups excluding carboxylic acids is 1. The summed E-state index contributed by atoms with van der Waals surface area (Å²) >= 11 is 9.39. The van der Waals surface area contributed by atoms with Crippen LogP contribution < -0.4 is 10.1 Å². The molecule has 1 N–H and O–H groups in total. The standard InChI is InChI=1S/C18H13BrClNO2/c19-14-6-8-17(16(20)10-14)21-18(22)11-23-15-7-5-12-3-1-2-4-13(12)9-15/h1-10H,11H2,(H,21,22). The summed E-state index contributed by atoms with van der Waals surface area (Å²) in [6.07, 6.45) is 0. The lowest BCUT2D eigenvalue weighted by Crippen LogP contribution is -2.20. The molecule has 3 nitrogen and oxygen atoms in total. The van der Waals surface area contributed by atoms with Crippen LogP contribution in [0.3, 0.4) is 0 Å². The first-order valence-electron chi connectivity index (χ1n) is 6.98. The summed E-state index contributed by atoms with van der Waals surface area (Å²) in [6.45, 7) is -0.0786. The molecular weight excluding hydrogens is 378 g/mol. The SMILES string of the molecule is O=C(COc1ccc2ccccc2c1)Nc1ccc(Br)cc1Cl. The van der Waals surface area contributed by atoms with Gasteiger partial charge in [-0.3, -0.25) is 4.79 Å². The maximum absolute atomic E-state index is 12.0. The van der Waals surface area contributed by atoms with Crippen molar-refractivity contribution < 1.29 is 9.53 Å². The number of amides is 1. The van der Waals surface area contributed by atoms with Gasteiger partial charge in [0.25, 0.3) is 5.91 Å². The second-order valence-corrected chi connectivity index (χ2v) is 6.29. The number of nitrogens with one attached hydrogen (secondary N) is 1. The van der Waals surface area contributed by atoms with Gasteiger partial charge in [0.05, 0.1) is 10.7 Å². The molecule has 0 aliphatic heterocycles. The number of anilines is 1. The van der Waals surface area contributed by atoms with Crippen molar-refractivity contribution in [2.45, 2.75) is 0 Å². The highest BCUT2D eigenvalue weighted by Crippen LogP contribution is 2.25. The lowest BCUT2D eigenvalue weighted by atomic mass is 10.1. The van der Waals surface area contributed by atoms with Gasteiger partial charge in [-0.15, -0.1) is 0 Å². The first kappa shape index (κ1) is 15.8. The van der Waals surface area contributed by atoms with E-state index in [0.717, 1.165) is 15.2 Å². The van der Waals surface area contributed by atoms with Crippen LogP contribution in [-0.2, 0) is 4.79 Å². The van der Waals surface area contributed by atoms with E-state index in [2.05, 4.69) is 21.2 Å². The Labute approximate surface area is 147 Å². The Morgan fingerprint density at radius 2 is 1.83 bits per heavy atom. The molecule has 0 atom stereocenters. The number of rotatable bonds is 4. The van der Waals surface area contributed by atoms with Gasteiger partial charge in [-0.2, -0.15) is 0 Å². The van der Waals surface area contributed by atoms with Crippen LogP contribution in [0.1, 0.15) is 0 Å². The zero-order valence-corrected chi connectivity index (χ0v) is 14.4. The number of hydrogen-bond acceptors (Lipinski definition) is 2. The second-order valence-electron chi connectivity index (χ2n) is 4.97. The molecule has 116 valence electrons. The molecule has 0 saturated heterocycles. The molecule has 0 fully saturated rings. The van der Waals surface area contributed by atoms with Crippen molar-refractivity contribution in [1.29, 1.82) is 0 Å². The molecule has 0 aliphatic rings. The van der Waals surface area contributed by atoms with Crippen molar-refractivity contribution in [3.05, 3.63) is 70.2 Å². The Morgan fingerprint density at radius 1 is 1.04 bits per heavy atom. The monoisotopic (exact) mass is 389 g/mol. The summed E-state index contributed by atoms with van der Waals surface area (Å²) in [5.41, 5.74) is 0.557. The maximum atomic E-state index is 12.0. The van der Waals surface area contributed by atoms with Crippen LogP contribution >= 0.6 is 27.5 Å². The van der Waals surface area contributed by atoms with E-state index >= 15 is 0 Å². The Bertz CT molecular complexity index is 867. The average molecular weight is 391 g/mol. The third kappa shape index (κ3) is 4.03. The fraction of sp³-hybridized carbons (Fsp3) is 0.0556. The van der Waals surface area contributed by atoms with Crippen molar-refractivity contribution in [3.8, 4) is 5.75 Å². The van der Waals surface area contributed by atoms with Crippen LogP contribution in [0.15, 0.2) is 65.1 Å². The predicted molar refractivity (Wildman–Crippen MR) is 97.2 cm³/mol. The van der Waals surface area contributed by atoms with Gasteiger partial charge in [-0.25, -0.2) is 0 Å². The smallest absolute Gasteiger partial charge is 0.262 e. The van der Waals surface area contributed by atoms with Crippen molar-refractivity contribution >= 4 is 49.9 Å². The highest BCUT2D eigenvalue weighted by Gasteiger charge is 2.07. The highest BCUT2D eigenvalue weighted by atomic mass is 79.9. The van der Waals surface area contributed by atoms with Gasteiger partial charge < -0.3 is 10.1 Å². The van der Waals surface area contributed by atoms with Crippen LogP contribution in [-0.4, -0.2) is 12.5 Å². The van der Waals surface area contributed by atoms with Crippen molar-refractivity contribution in [2.75, 3.05) is 11.9 Å². The minimum absolute atomic E-state index is 0.0786. The van der Waals surface area contributed by atoms with Crippen LogP contribution in [0, 0.1) is 0 Å². The largest absolute Gasteiger partial charge is 0.484 e. The topological polar surface area (TPSA) is 38.3 Å². The highest BCUT2D eigenvalue weighted by molar-refractivity contribution is 9.10. The summed E-state index contributed by atoms with van der Waals surface area (Å²) in [7, 11) is 0. The lowest BCUT2D eigenvalue weighted by Gasteiger charge is -2.09. The Hall–Kier alpha value is -2.04. The minimum Gasteiger partial charge on any atom is -0.484 e. The Morgan fingerprint density at radius 3 is 2.61 bits per heavy atom. The number of halogens is 2. The lowest BCUT2D eigenvalue weighted by molar-refractivity contribution is -0.118. The minimum atomic E-state index is -0.262. The van der Waals surface area contributed by atoms with Crippen LogP contribution in [0.4, 0.5) is 5.69 Å². The van der Waals surface area contributed by atoms with Crippen LogP contribution in [0.25, 0.3) is 10.8 Å². The van der Waals surface area contributed by atoms with Gasteiger partial charge in [0, 0.05) is 4.47 Å². The van der Waals surface area contributed by atoms with Gasteiger partial charge in [-0.05, 0) is 41.1 Å². The van der Waals surface area contributed by atoms with Gasteiger partial charge >= 0.3 is 0 Å². The van der Waals surface area contributed by atoms with E-state index in [-0.39, 0.29) is 12.5 Å². The summed E-state index contributed by atoms with van der Waals surface area (Å²) in [5, 5.41) is 5.40. The van der Waals surface area contributed by atoms with Crippen LogP contribution in [0.5, 0.6) is 5.75 Å². The number of ether oxygens (including phenoxy) is 1. The van der Waals surface area contributed by atoms with E-state index in [4.69, 9.17) is 16.3 Å². The third-order valence-electron chi connectivity index (χ3n) is 3.30. The quantitative estimate of drug-likeness (QED) is 0.659. The number of fused-ring (bicyclic) bond motifs is 1. The first-order chi connectivity index (χ1) is 11.1. The molecule has 5 heteroatoms. The molecular formula is C18H13BrClNO2. The van der Waals surface area contributed by atoms with Crippen molar-refractivity contribution in [2.24, 2.45) is 0 Å². The van der Waals surface area contributed by atoms with E-state index in [1.807, 2.05) is 48.5 Å². The molecule has 1 amide bonds. The third-order valence-corrected chi connectivity index (χ3v) is 4.10. The summed E-state index contributed by atoms with van der Waals surface area (Å²) in [6, 6.07) is 19.0. The predicted octanol–water partition coefficient (Wildman–Crippen LogP) is 5.27. The van der Waals surface area contributed by atoms with Crippen molar-refractivity contribution in [1.82, 2.24) is 0 Å². The summed E-state index contributed by atoms with van der Waals surface area (Å²) in [5.74, 6) is 0.392. The molecule has 0 spiro atoms. The summed E-state index contributed by atoms with van der Waals surface area (Å²) in [4.78, 5) is 12.0. The zero-order chi connectivity index (χ0) is 16.2. The van der Waals surface area contributed by atoms with E-state index < -0.39 is 0 Å². The number of benzene rings is 3. The molecule has 3 rings (SSSR count). The zero-order valence-electron chi connectivity index (χ0n) is 12.1. The normalized spacial score (nSPS) is 10.5. The number of carbonyl (C=O) groups is 1. The van der Waals surface area contributed by atoms with Gasteiger partial charge in [0.1, 0.15) is 5.75 Å². The van der Waals surface area contributed by atoms with Crippen LogP contribution in [0.2, 0.25) is 5.02 Å². The molecule has 3 aromatic rings. The molecule has 0 bridgehead atoms. The fourth-order valence-corrected chi connectivity index (χ4v) is 2.90. The average Bonchev–Trinajstić information content (AvgIpc) is 2.55. The van der Waals surface area contributed by atoms with E-state index in [9.17, 15) is 4.79 Å². The number of hydrogen-bond donors (Lipinski definition) is 1. The first-order valence-corrected chi connectivity index (χ1v) is 8.15. The van der Waals surface area contributed by atoms with E-state index in [1.165, 1.54) is 0 Å².